The number of carbonyl (C=O) groups is 2. The first-order valence-electron chi connectivity index (χ1n) is 10.5. The van der Waals surface area contributed by atoms with Crippen LogP contribution in [0.25, 0.3) is 11.1 Å². The average molecular weight is 420 g/mol. The molecule has 1 aromatic heterocycles. The van der Waals surface area contributed by atoms with Crippen LogP contribution in [-0.4, -0.2) is 58.0 Å². The van der Waals surface area contributed by atoms with Crippen LogP contribution in [0.1, 0.15) is 23.0 Å². The van der Waals surface area contributed by atoms with E-state index in [0.717, 1.165) is 11.1 Å². The molecule has 6 nitrogen and oxygen atoms in total. The third-order valence-electron chi connectivity index (χ3n) is 5.76. The lowest BCUT2D eigenvalue weighted by molar-refractivity contribution is -0.134. The summed E-state index contributed by atoms with van der Waals surface area (Å²) >= 11 is 0. The lowest BCUT2D eigenvalue weighted by Gasteiger charge is -2.23. The van der Waals surface area contributed by atoms with Gasteiger partial charge in [-0.15, -0.1) is 0 Å². The number of hydrogen-bond donors (Lipinski definition) is 1. The Labute approximate surface area is 180 Å². The second kappa shape index (κ2) is 9.12. The molecule has 2 aromatic carbocycles. The van der Waals surface area contributed by atoms with Crippen molar-refractivity contribution in [2.75, 3.05) is 26.2 Å². The van der Waals surface area contributed by atoms with Crippen LogP contribution in [-0.2, 0) is 11.2 Å². The van der Waals surface area contributed by atoms with Crippen LogP contribution in [0.15, 0.2) is 60.8 Å². The Balaban J connectivity index is 1.53. The van der Waals surface area contributed by atoms with Crippen molar-refractivity contribution in [3.63, 3.8) is 0 Å². The molecule has 4 rings (SSSR count). The van der Waals surface area contributed by atoms with Crippen molar-refractivity contribution in [2.45, 2.75) is 13.3 Å². The third-order valence-corrected chi connectivity index (χ3v) is 5.76. The summed E-state index contributed by atoms with van der Waals surface area (Å²) in [6, 6.07) is 15.9. The van der Waals surface area contributed by atoms with Gasteiger partial charge in [-0.25, -0.2) is 4.39 Å². The summed E-state index contributed by atoms with van der Waals surface area (Å²) in [5, 5.41) is 6.57. The topological polar surface area (TPSA) is 69.3 Å². The van der Waals surface area contributed by atoms with Gasteiger partial charge in [-0.2, -0.15) is 5.10 Å². The normalized spacial score (nSPS) is 17.0. The summed E-state index contributed by atoms with van der Waals surface area (Å²) in [7, 11) is 0. The lowest BCUT2D eigenvalue weighted by Crippen LogP contribution is -2.38. The van der Waals surface area contributed by atoms with E-state index in [4.69, 9.17) is 0 Å². The summed E-state index contributed by atoms with van der Waals surface area (Å²) in [6.45, 7) is 3.90. The molecule has 1 fully saturated rings. The largest absolute Gasteiger partial charge is 0.341 e. The standard InChI is InChI=1S/C24H25FN4O2/c1-2-28-13-14-29(24(31)22-11-12-26-27-22)16-19(23(28)30)15-17-7-9-18(10-8-17)20-5-3-4-6-21(20)25/h3-12,19H,2,13-16H2,1H3,(H,26,27)/t19-/m0/s1. The highest BCUT2D eigenvalue weighted by Crippen LogP contribution is 2.24. The maximum Gasteiger partial charge on any atom is 0.271 e. The molecule has 0 aliphatic carbocycles. The Bertz CT molecular complexity index is 1050. The van der Waals surface area contributed by atoms with E-state index < -0.39 is 0 Å². The maximum atomic E-state index is 14.1. The molecule has 0 spiro atoms. The summed E-state index contributed by atoms with van der Waals surface area (Å²) in [5.74, 6) is -0.696. The molecule has 1 aliphatic heterocycles. The smallest absolute Gasteiger partial charge is 0.271 e. The molecule has 1 aliphatic rings. The number of aromatic nitrogens is 2. The van der Waals surface area contributed by atoms with Crippen LogP contribution in [0.5, 0.6) is 0 Å². The molecule has 31 heavy (non-hydrogen) atoms. The maximum absolute atomic E-state index is 14.1. The lowest BCUT2D eigenvalue weighted by atomic mass is 9.95. The minimum absolute atomic E-state index is 0.0561. The number of benzene rings is 2. The third kappa shape index (κ3) is 4.50. The molecule has 2 heterocycles. The summed E-state index contributed by atoms with van der Waals surface area (Å²) in [6.07, 6.45) is 2.06. The second-order valence-electron chi connectivity index (χ2n) is 7.72. The Morgan fingerprint density at radius 3 is 2.58 bits per heavy atom. The molecule has 1 saturated heterocycles. The molecule has 3 aromatic rings. The van der Waals surface area contributed by atoms with E-state index in [9.17, 15) is 14.0 Å². The molecule has 7 heteroatoms. The minimum Gasteiger partial charge on any atom is -0.341 e. The van der Waals surface area contributed by atoms with E-state index in [1.807, 2.05) is 31.2 Å². The number of hydrogen-bond acceptors (Lipinski definition) is 3. The molecular weight excluding hydrogens is 395 g/mol. The van der Waals surface area contributed by atoms with Crippen molar-refractivity contribution in [2.24, 2.45) is 5.92 Å². The van der Waals surface area contributed by atoms with Crippen LogP contribution < -0.4 is 0 Å². The van der Waals surface area contributed by atoms with Crippen molar-refractivity contribution in [1.82, 2.24) is 20.0 Å². The number of amides is 2. The van der Waals surface area contributed by atoms with Gasteiger partial charge in [0.15, 0.2) is 0 Å². The van der Waals surface area contributed by atoms with Gasteiger partial charge in [-0.1, -0.05) is 42.5 Å². The van der Waals surface area contributed by atoms with Gasteiger partial charge in [0, 0.05) is 37.9 Å². The highest BCUT2D eigenvalue weighted by atomic mass is 19.1. The fourth-order valence-corrected chi connectivity index (χ4v) is 4.04. The predicted octanol–water partition coefficient (Wildman–Crippen LogP) is 3.38. The fourth-order valence-electron chi connectivity index (χ4n) is 4.04. The van der Waals surface area contributed by atoms with Gasteiger partial charge < -0.3 is 9.80 Å². The minimum atomic E-state index is -0.339. The van der Waals surface area contributed by atoms with Gasteiger partial charge in [0.05, 0.1) is 5.92 Å². The predicted molar refractivity (Wildman–Crippen MR) is 116 cm³/mol. The molecule has 1 atom stereocenters. The highest BCUT2D eigenvalue weighted by Gasteiger charge is 2.32. The SMILES string of the molecule is CCN1CCN(C(=O)c2ccn[nH]2)C[C@H](Cc2ccc(-c3ccccc3F)cc2)C1=O. The molecule has 160 valence electrons. The van der Waals surface area contributed by atoms with E-state index in [1.54, 1.807) is 40.3 Å². The molecule has 0 bridgehead atoms. The van der Waals surface area contributed by atoms with Crippen molar-refractivity contribution < 1.29 is 14.0 Å². The average Bonchev–Trinajstić information content (AvgIpc) is 3.28. The van der Waals surface area contributed by atoms with E-state index in [0.29, 0.717) is 43.9 Å². The first-order valence-corrected chi connectivity index (χ1v) is 10.5. The van der Waals surface area contributed by atoms with Crippen LogP contribution in [0.2, 0.25) is 0 Å². The second-order valence-corrected chi connectivity index (χ2v) is 7.72. The first kappa shape index (κ1) is 20.8. The molecule has 0 radical (unpaired) electrons. The molecule has 0 unspecified atom stereocenters. The van der Waals surface area contributed by atoms with Gasteiger partial charge >= 0.3 is 0 Å². The Kier molecular flexibility index (Phi) is 6.11. The van der Waals surface area contributed by atoms with Crippen molar-refractivity contribution in [3.05, 3.63) is 77.9 Å². The van der Waals surface area contributed by atoms with Crippen molar-refractivity contribution in [3.8, 4) is 11.1 Å². The van der Waals surface area contributed by atoms with Gasteiger partial charge in [-0.3, -0.25) is 14.7 Å². The number of likely N-dealkylation sites (N-methyl/N-ethyl adjacent to an activating group) is 1. The van der Waals surface area contributed by atoms with Gasteiger partial charge in [-0.05, 0) is 36.6 Å². The van der Waals surface area contributed by atoms with Gasteiger partial charge in [0.25, 0.3) is 5.91 Å². The Hall–Kier alpha value is -3.48. The van der Waals surface area contributed by atoms with E-state index in [2.05, 4.69) is 10.2 Å². The Morgan fingerprint density at radius 1 is 1.13 bits per heavy atom. The van der Waals surface area contributed by atoms with Crippen molar-refractivity contribution >= 4 is 11.8 Å². The number of halogens is 1. The molecule has 1 N–H and O–H groups in total. The monoisotopic (exact) mass is 420 g/mol. The zero-order valence-corrected chi connectivity index (χ0v) is 17.4. The summed E-state index contributed by atoms with van der Waals surface area (Å²) in [5.41, 5.74) is 2.74. The zero-order valence-electron chi connectivity index (χ0n) is 17.4. The molecule has 0 saturated carbocycles. The first-order chi connectivity index (χ1) is 15.1. The number of nitrogens with one attached hydrogen (secondary N) is 1. The zero-order chi connectivity index (χ0) is 21.8. The Morgan fingerprint density at radius 2 is 1.90 bits per heavy atom. The van der Waals surface area contributed by atoms with Gasteiger partial charge in [0.2, 0.25) is 5.91 Å². The van der Waals surface area contributed by atoms with E-state index in [-0.39, 0.29) is 23.5 Å². The van der Waals surface area contributed by atoms with Crippen LogP contribution >= 0.6 is 0 Å². The molecule has 2 amide bonds. The quantitative estimate of drug-likeness (QED) is 0.688. The number of rotatable bonds is 5. The van der Waals surface area contributed by atoms with E-state index >= 15 is 0 Å². The number of H-pyrrole nitrogens is 1. The van der Waals surface area contributed by atoms with Gasteiger partial charge in [0.1, 0.15) is 11.5 Å². The highest BCUT2D eigenvalue weighted by molar-refractivity contribution is 5.93. The van der Waals surface area contributed by atoms with Crippen LogP contribution in [0.3, 0.4) is 0 Å². The summed E-state index contributed by atoms with van der Waals surface area (Å²) in [4.78, 5) is 29.4. The van der Waals surface area contributed by atoms with Crippen molar-refractivity contribution in [1.29, 1.82) is 0 Å². The van der Waals surface area contributed by atoms with Crippen LogP contribution in [0.4, 0.5) is 4.39 Å². The number of carbonyl (C=O) groups excluding carboxylic acids is 2. The number of nitrogens with zero attached hydrogens (tertiary/aromatic N) is 3. The number of aromatic amines is 1. The fraction of sp³-hybridized carbons (Fsp3) is 0.292. The van der Waals surface area contributed by atoms with E-state index in [1.165, 1.54) is 6.07 Å². The molecular formula is C24H25FN4O2. The van der Waals surface area contributed by atoms with Crippen LogP contribution in [0, 0.1) is 11.7 Å². The summed E-state index contributed by atoms with van der Waals surface area (Å²) < 4.78 is 14.1.